The maximum absolute atomic E-state index is 12.2. The molecule has 3 heteroatoms. The molecule has 3 nitrogen and oxygen atoms in total. The molecule has 20 heavy (non-hydrogen) atoms. The van der Waals surface area contributed by atoms with Crippen LogP contribution < -0.4 is 0 Å². The predicted molar refractivity (Wildman–Crippen MR) is 76.0 cm³/mol. The van der Waals surface area contributed by atoms with Gasteiger partial charge in [0.05, 0.1) is 0 Å². The summed E-state index contributed by atoms with van der Waals surface area (Å²) in [7, 11) is 0. The molecule has 1 saturated carbocycles. The van der Waals surface area contributed by atoms with Gasteiger partial charge in [0, 0.05) is 17.4 Å². The standard InChI is InChI=1S/C17H22O3/c1-10-8-13(18)14(19)12-9-17(20-15(10)12)11(2)6-5-7-16(17,3)4/h8,11H,5-7,9H2,1-4H3/t11-,17-/m0/s1. The van der Waals surface area contributed by atoms with E-state index in [1.54, 1.807) is 0 Å². The number of ether oxygens (including phenoxy) is 1. The molecule has 0 N–H and O–H groups in total. The van der Waals surface area contributed by atoms with Gasteiger partial charge in [0.1, 0.15) is 11.4 Å². The third-order valence-corrected chi connectivity index (χ3v) is 5.58. The van der Waals surface area contributed by atoms with Crippen molar-refractivity contribution in [3.05, 3.63) is 23.0 Å². The number of Topliss-reactive ketones (excluding diaryl/α,β-unsaturated/α-hetero) is 1. The number of hydrogen-bond donors (Lipinski definition) is 0. The molecule has 3 aliphatic rings. The van der Waals surface area contributed by atoms with Crippen LogP contribution in [-0.2, 0) is 14.3 Å². The fraction of sp³-hybridized carbons (Fsp3) is 0.647. The van der Waals surface area contributed by atoms with Crippen LogP contribution in [-0.4, -0.2) is 17.2 Å². The predicted octanol–water partition coefficient (Wildman–Crippen LogP) is 3.34. The van der Waals surface area contributed by atoms with Crippen molar-refractivity contribution < 1.29 is 14.3 Å². The van der Waals surface area contributed by atoms with Gasteiger partial charge in [0.25, 0.3) is 0 Å². The SMILES string of the molecule is CC1=CC(=O)C(=O)C2=C1O[C@@]1(C2)[C@@H](C)CCCC1(C)C. The minimum atomic E-state index is -0.400. The Bertz CT molecular complexity index is 565. The Balaban J connectivity index is 2.05. The van der Waals surface area contributed by atoms with Crippen molar-refractivity contribution in [3.63, 3.8) is 0 Å². The van der Waals surface area contributed by atoms with Gasteiger partial charge in [-0.1, -0.05) is 27.2 Å². The van der Waals surface area contributed by atoms with Gasteiger partial charge in [-0.25, -0.2) is 0 Å². The Labute approximate surface area is 120 Å². The number of hydrogen-bond acceptors (Lipinski definition) is 3. The van der Waals surface area contributed by atoms with E-state index in [0.717, 1.165) is 18.4 Å². The lowest BCUT2D eigenvalue weighted by atomic mass is 9.59. The van der Waals surface area contributed by atoms with Gasteiger partial charge in [-0.15, -0.1) is 0 Å². The average molecular weight is 274 g/mol. The minimum Gasteiger partial charge on any atom is -0.485 e. The molecule has 2 aliphatic carbocycles. The molecule has 1 heterocycles. The second-order valence-corrected chi connectivity index (χ2v) is 7.17. The maximum atomic E-state index is 12.2. The van der Waals surface area contributed by atoms with Gasteiger partial charge < -0.3 is 4.74 Å². The molecular formula is C17H22O3. The summed E-state index contributed by atoms with van der Waals surface area (Å²) in [6, 6.07) is 0. The van der Waals surface area contributed by atoms with Crippen LogP contribution in [0.15, 0.2) is 23.0 Å². The summed E-state index contributed by atoms with van der Waals surface area (Å²) in [5, 5.41) is 0. The number of carbonyl (C=O) groups excluding carboxylic acids is 2. The zero-order chi connectivity index (χ0) is 14.7. The number of rotatable bonds is 0. The van der Waals surface area contributed by atoms with Crippen molar-refractivity contribution in [1.29, 1.82) is 0 Å². The fourth-order valence-corrected chi connectivity index (χ4v) is 4.22. The molecule has 1 aliphatic heterocycles. The molecule has 0 aromatic rings. The van der Waals surface area contributed by atoms with Crippen LogP contribution >= 0.6 is 0 Å². The van der Waals surface area contributed by atoms with E-state index in [0.29, 0.717) is 23.7 Å². The smallest absolute Gasteiger partial charge is 0.232 e. The van der Waals surface area contributed by atoms with Gasteiger partial charge in [0.15, 0.2) is 0 Å². The van der Waals surface area contributed by atoms with Crippen LogP contribution in [0.1, 0.15) is 53.4 Å². The molecule has 0 aromatic carbocycles. The Hall–Kier alpha value is -1.38. The van der Waals surface area contributed by atoms with Crippen LogP contribution in [0.5, 0.6) is 0 Å². The van der Waals surface area contributed by atoms with Gasteiger partial charge in [-0.05, 0) is 37.3 Å². The number of ketones is 2. The highest BCUT2D eigenvalue weighted by Gasteiger charge is 2.58. The Morgan fingerprint density at radius 3 is 2.65 bits per heavy atom. The summed E-state index contributed by atoms with van der Waals surface area (Å²) in [4.78, 5) is 23.9. The van der Waals surface area contributed by atoms with Crippen molar-refractivity contribution in [1.82, 2.24) is 0 Å². The second-order valence-electron chi connectivity index (χ2n) is 7.17. The maximum Gasteiger partial charge on any atom is 0.232 e. The highest BCUT2D eigenvalue weighted by atomic mass is 16.5. The van der Waals surface area contributed by atoms with Crippen molar-refractivity contribution in [3.8, 4) is 0 Å². The molecule has 0 bridgehead atoms. The third kappa shape index (κ3) is 1.58. The van der Waals surface area contributed by atoms with Gasteiger partial charge in [-0.2, -0.15) is 0 Å². The van der Waals surface area contributed by atoms with E-state index in [4.69, 9.17) is 4.74 Å². The first kappa shape index (κ1) is 13.6. The summed E-state index contributed by atoms with van der Waals surface area (Å²) < 4.78 is 6.39. The molecule has 3 rings (SSSR count). The monoisotopic (exact) mass is 274 g/mol. The minimum absolute atomic E-state index is 0.0195. The van der Waals surface area contributed by atoms with Crippen molar-refractivity contribution in [2.75, 3.05) is 0 Å². The Morgan fingerprint density at radius 2 is 2.00 bits per heavy atom. The molecular weight excluding hydrogens is 252 g/mol. The summed E-state index contributed by atoms with van der Waals surface area (Å²) in [5.74, 6) is 0.309. The van der Waals surface area contributed by atoms with Crippen LogP contribution in [0, 0.1) is 11.3 Å². The molecule has 1 fully saturated rings. The first-order valence-electron chi connectivity index (χ1n) is 7.48. The molecule has 108 valence electrons. The van der Waals surface area contributed by atoms with E-state index >= 15 is 0 Å². The highest BCUT2D eigenvalue weighted by molar-refractivity contribution is 6.48. The first-order valence-corrected chi connectivity index (χ1v) is 7.48. The lowest BCUT2D eigenvalue weighted by Gasteiger charge is -2.51. The van der Waals surface area contributed by atoms with E-state index in [2.05, 4.69) is 20.8 Å². The largest absolute Gasteiger partial charge is 0.485 e. The third-order valence-electron chi connectivity index (χ3n) is 5.58. The van der Waals surface area contributed by atoms with E-state index in [9.17, 15) is 9.59 Å². The van der Waals surface area contributed by atoms with Crippen molar-refractivity contribution >= 4 is 11.6 Å². The van der Waals surface area contributed by atoms with Crippen LogP contribution in [0.2, 0.25) is 0 Å². The highest BCUT2D eigenvalue weighted by Crippen LogP contribution is 2.57. The lowest BCUT2D eigenvalue weighted by Crippen LogP contribution is -2.52. The molecule has 2 atom stereocenters. The Kier molecular flexibility index (Phi) is 2.76. The zero-order valence-electron chi connectivity index (χ0n) is 12.7. The van der Waals surface area contributed by atoms with E-state index in [-0.39, 0.29) is 16.8 Å². The quantitative estimate of drug-likeness (QED) is 0.502. The fourth-order valence-electron chi connectivity index (χ4n) is 4.22. The number of carbonyl (C=O) groups is 2. The van der Waals surface area contributed by atoms with Crippen LogP contribution in [0.3, 0.4) is 0 Å². The molecule has 0 radical (unpaired) electrons. The topological polar surface area (TPSA) is 43.4 Å². The number of allylic oxidation sites excluding steroid dienone is 2. The average Bonchev–Trinajstić information content (AvgIpc) is 2.77. The molecule has 0 aromatic heterocycles. The first-order chi connectivity index (χ1) is 9.28. The Morgan fingerprint density at radius 1 is 1.30 bits per heavy atom. The van der Waals surface area contributed by atoms with Gasteiger partial charge in [0.2, 0.25) is 11.6 Å². The molecule has 0 saturated heterocycles. The molecule has 1 spiro atoms. The summed E-state index contributed by atoms with van der Waals surface area (Å²) in [6.07, 6.45) is 5.43. The van der Waals surface area contributed by atoms with E-state index < -0.39 is 5.78 Å². The second kappa shape index (κ2) is 4.06. The summed E-state index contributed by atoms with van der Waals surface area (Å²) in [5.41, 5.74) is 1.10. The summed E-state index contributed by atoms with van der Waals surface area (Å²) >= 11 is 0. The summed E-state index contributed by atoms with van der Waals surface area (Å²) in [6.45, 7) is 8.53. The van der Waals surface area contributed by atoms with Crippen molar-refractivity contribution in [2.45, 2.75) is 59.0 Å². The van der Waals surface area contributed by atoms with E-state index in [1.807, 2.05) is 6.92 Å². The van der Waals surface area contributed by atoms with Crippen LogP contribution in [0.25, 0.3) is 0 Å². The zero-order valence-corrected chi connectivity index (χ0v) is 12.7. The van der Waals surface area contributed by atoms with E-state index in [1.165, 1.54) is 12.5 Å². The van der Waals surface area contributed by atoms with Gasteiger partial charge >= 0.3 is 0 Å². The molecule has 0 unspecified atom stereocenters. The molecule has 0 amide bonds. The van der Waals surface area contributed by atoms with Crippen LogP contribution in [0.4, 0.5) is 0 Å². The van der Waals surface area contributed by atoms with Gasteiger partial charge in [-0.3, -0.25) is 9.59 Å². The van der Waals surface area contributed by atoms with Crippen molar-refractivity contribution in [2.24, 2.45) is 11.3 Å². The lowest BCUT2D eigenvalue weighted by molar-refractivity contribution is -0.134. The normalized spacial score (nSPS) is 36.0.